The normalized spacial score (nSPS) is 18.0. The van der Waals surface area contributed by atoms with Crippen LogP contribution in [0, 0.1) is 11.3 Å². The van der Waals surface area contributed by atoms with E-state index in [0.717, 1.165) is 51.5 Å². The van der Waals surface area contributed by atoms with Crippen molar-refractivity contribution in [3.8, 4) is 0 Å². The Kier molecular flexibility index (Phi) is 7.20. The molecule has 0 bridgehead atoms. The highest BCUT2D eigenvalue weighted by atomic mass is 16.5. The van der Waals surface area contributed by atoms with E-state index >= 15 is 0 Å². The van der Waals surface area contributed by atoms with E-state index in [-0.39, 0.29) is 0 Å². The summed E-state index contributed by atoms with van der Waals surface area (Å²) >= 11 is 0. The zero-order valence-electron chi connectivity index (χ0n) is 12.5. The second kappa shape index (κ2) is 8.13. The SMILES string of the molecule is CC(C)(C)CC(N)CCNCCCOCC1CC1. The van der Waals surface area contributed by atoms with Gasteiger partial charge in [-0.2, -0.15) is 0 Å². The highest BCUT2D eigenvalue weighted by Crippen LogP contribution is 2.28. The molecular weight excluding hydrogens is 224 g/mol. The third kappa shape index (κ3) is 9.86. The summed E-state index contributed by atoms with van der Waals surface area (Å²) in [6.45, 7) is 10.7. The first-order valence-corrected chi connectivity index (χ1v) is 7.51. The first-order valence-electron chi connectivity index (χ1n) is 7.51. The largest absolute Gasteiger partial charge is 0.381 e. The maximum absolute atomic E-state index is 6.10. The summed E-state index contributed by atoms with van der Waals surface area (Å²) in [5.41, 5.74) is 6.44. The predicted molar refractivity (Wildman–Crippen MR) is 77.7 cm³/mol. The number of hydrogen-bond acceptors (Lipinski definition) is 3. The molecule has 0 heterocycles. The fourth-order valence-corrected chi connectivity index (χ4v) is 2.13. The van der Waals surface area contributed by atoms with E-state index in [1.54, 1.807) is 0 Å². The van der Waals surface area contributed by atoms with Crippen LogP contribution in [0.4, 0.5) is 0 Å². The molecule has 1 fully saturated rings. The van der Waals surface area contributed by atoms with Crippen molar-refractivity contribution in [3.05, 3.63) is 0 Å². The maximum Gasteiger partial charge on any atom is 0.0494 e. The number of ether oxygens (including phenoxy) is 1. The Bertz CT molecular complexity index is 209. The number of hydrogen-bond donors (Lipinski definition) is 2. The lowest BCUT2D eigenvalue weighted by atomic mass is 9.87. The van der Waals surface area contributed by atoms with Gasteiger partial charge in [0.05, 0.1) is 0 Å². The summed E-state index contributed by atoms with van der Waals surface area (Å²) in [6.07, 6.45) is 6.04. The van der Waals surface area contributed by atoms with Crippen LogP contribution in [0.1, 0.15) is 52.9 Å². The van der Waals surface area contributed by atoms with Crippen molar-refractivity contribution in [3.63, 3.8) is 0 Å². The van der Waals surface area contributed by atoms with Crippen molar-refractivity contribution in [2.24, 2.45) is 17.1 Å². The second-order valence-corrected chi connectivity index (χ2v) is 6.94. The van der Waals surface area contributed by atoms with Crippen molar-refractivity contribution in [1.82, 2.24) is 5.32 Å². The average Bonchev–Trinajstić information content (AvgIpc) is 3.03. The Morgan fingerprint density at radius 2 is 2.00 bits per heavy atom. The molecule has 0 amide bonds. The maximum atomic E-state index is 6.10. The van der Waals surface area contributed by atoms with Gasteiger partial charge in [0.15, 0.2) is 0 Å². The van der Waals surface area contributed by atoms with E-state index in [0.29, 0.717) is 11.5 Å². The van der Waals surface area contributed by atoms with Crippen molar-refractivity contribution in [1.29, 1.82) is 0 Å². The summed E-state index contributed by atoms with van der Waals surface area (Å²) in [5.74, 6) is 0.883. The molecule has 0 spiro atoms. The van der Waals surface area contributed by atoms with E-state index in [2.05, 4.69) is 26.1 Å². The Morgan fingerprint density at radius 1 is 1.28 bits per heavy atom. The summed E-state index contributed by atoms with van der Waals surface area (Å²) in [6, 6.07) is 0.323. The molecule has 3 N–H and O–H groups in total. The van der Waals surface area contributed by atoms with E-state index in [4.69, 9.17) is 10.5 Å². The molecule has 0 aliphatic heterocycles. The number of rotatable bonds is 10. The standard InChI is InChI=1S/C15H32N2O/c1-15(2,3)11-14(16)7-9-17-8-4-10-18-12-13-5-6-13/h13-14,17H,4-12,16H2,1-3H3. The summed E-state index contributed by atoms with van der Waals surface area (Å²) in [5, 5.41) is 3.45. The van der Waals surface area contributed by atoms with E-state index < -0.39 is 0 Å². The minimum atomic E-state index is 0.323. The Hall–Kier alpha value is -0.120. The zero-order chi connectivity index (χ0) is 13.4. The van der Waals surface area contributed by atoms with Gasteiger partial charge in [0.2, 0.25) is 0 Å². The van der Waals surface area contributed by atoms with Gasteiger partial charge in [0.1, 0.15) is 0 Å². The molecule has 1 aliphatic carbocycles. The van der Waals surface area contributed by atoms with Gasteiger partial charge in [-0.05, 0) is 56.5 Å². The van der Waals surface area contributed by atoms with E-state index in [1.807, 2.05) is 0 Å². The van der Waals surface area contributed by atoms with Gasteiger partial charge < -0.3 is 15.8 Å². The van der Waals surface area contributed by atoms with Crippen LogP contribution >= 0.6 is 0 Å². The monoisotopic (exact) mass is 256 g/mol. The molecule has 1 aliphatic rings. The molecule has 1 rings (SSSR count). The number of nitrogens with one attached hydrogen (secondary N) is 1. The molecule has 0 aromatic heterocycles. The highest BCUT2D eigenvalue weighted by Gasteiger charge is 2.20. The predicted octanol–water partition coefficient (Wildman–Crippen LogP) is 2.55. The molecule has 1 atom stereocenters. The molecule has 108 valence electrons. The third-order valence-corrected chi connectivity index (χ3v) is 3.26. The molecule has 3 nitrogen and oxygen atoms in total. The minimum absolute atomic E-state index is 0.323. The van der Waals surface area contributed by atoms with E-state index in [1.165, 1.54) is 12.8 Å². The van der Waals surface area contributed by atoms with Crippen LogP contribution in [0.5, 0.6) is 0 Å². The first-order chi connectivity index (χ1) is 8.47. The van der Waals surface area contributed by atoms with E-state index in [9.17, 15) is 0 Å². The lowest BCUT2D eigenvalue weighted by molar-refractivity contribution is 0.122. The van der Waals surface area contributed by atoms with Crippen molar-refractivity contribution in [2.45, 2.75) is 58.9 Å². The van der Waals surface area contributed by atoms with Gasteiger partial charge in [0, 0.05) is 19.3 Å². The van der Waals surface area contributed by atoms with Gasteiger partial charge in [-0.3, -0.25) is 0 Å². The van der Waals surface area contributed by atoms with Crippen molar-refractivity contribution >= 4 is 0 Å². The molecule has 0 saturated heterocycles. The highest BCUT2D eigenvalue weighted by molar-refractivity contribution is 4.72. The smallest absolute Gasteiger partial charge is 0.0494 e. The topological polar surface area (TPSA) is 47.3 Å². The zero-order valence-corrected chi connectivity index (χ0v) is 12.5. The quantitative estimate of drug-likeness (QED) is 0.591. The summed E-state index contributed by atoms with van der Waals surface area (Å²) in [7, 11) is 0. The average molecular weight is 256 g/mol. The molecule has 1 unspecified atom stereocenters. The fraction of sp³-hybridized carbons (Fsp3) is 1.00. The molecule has 0 radical (unpaired) electrons. The van der Waals surface area contributed by atoms with Crippen LogP contribution in [0.2, 0.25) is 0 Å². The van der Waals surface area contributed by atoms with Gasteiger partial charge in [-0.25, -0.2) is 0 Å². The van der Waals surface area contributed by atoms with Crippen molar-refractivity contribution in [2.75, 3.05) is 26.3 Å². The molecular formula is C15H32N2O. The minimum Gasteiger partial charge on any atom is -0.381 e. The summed E-state index contributed by atoms with van der Waals surface area (Å²) in [4.78, 5) is 0. The molecule has 1 saturated carbocycles. The van der Waals surface area contributed by atoms with Crippen LogP contribution in [0.25, 0.3) is 0 Å². The Morgan fingerprint density at radius 3 is 2.61 bits per heavy atom. The molecule has 3 heteroatoms. The van der Waals surface area contributed by atoms with Crippen LogP contribution in [0.15, 0.2) is 0 Å². The lowest BCUT2D eigenvalue weighted by Crippen LogP contribution is -2.31. The second-order valence-electron chi connectivity index (χ2n) is 6.94. The molecule has 0 aromatic carbocycles. The Balaban J connectivity index is 1.79. The molecule has 18 heavy (non-hydrogen) atoms. The number of nitrogens with two attached hydrogens (primary N) is 1. The van der Waals surface area contributed by atoms with Crippen molar-refractivity contribution < 1.29 is 4.74 Å². The van der Waals surface area contributed by atoms with Gasteiger partial charge in [0.25, 0.3) is 0 Å². The van der Waals surface area contributed by atoms with Gasteiger partial charge in [-0.15, -0.1) is 0 Å². The Labute approximate surface area is 113 Å². The van der Waals surface area contributed by atoms with Crippen LogP contribution in [-0.2, 0) is 4.74 Å². The molecule has 0 aromatic rings. The summed E-state index contributed by atoms with van der Waals surface area (Å²) < 4.78 is 5.59. The van der Waals surface area contributed by atoms with Gasteiger partial charge in [-0.1, -0.05) is 20.8 Å². The van der Waals surface area contributed by atoms with Crippen LogP contribution in [-0.4, -0.2) is 32.3 Å². The van der Waals surface area contributed by atoms with Crippen LogP contribution in [0.3, 0.4) is 0 Å². The third-order valence-electron chi connectivity index (χ3n) is 3.26. The lowest BCUT2D eigenvalue weighted by Gasteiger charge is -2.23. The van der Waals surface area contributed by atoms with Crippen LogP contribution < -0.4 is 11.1 Å². The fourth-order valence-electron chi connectivity index (χ4n) is 2.13. The first kappa shape index (κ1) is 15.9. The van der Waals surface area contributed by atoms with Gasteiger partial charge >= 0.3 is 0 Å².